The van der Waals surface area contributed by atoms with E-state index in [1.807, 2.05) is 6.92 Å². The summed E-state index contributed by atoms with van der Waals surface area (Å²) in [5.41, 5.74) is 5.33. The zero-order valence-electron chi connectivity index (χ0n) is 10.5. The van der Waals surface area contributed by atoms with Crippen LogP contribution in [-0.2, 0) is 16.7 Å². The van der Waals surface area contributed by atoms with Crippen molar-refractivity contribution in [2.45, 2.75) is 39.2 Å². The van der Waals surface area contributed by atoms with Crippen LogP contribution >= 0.6 is 0 Å². The Kier molecular flexibility index (Phi) is 4.44. The van der Waals surface area contributed by atoms with E-state index >= 15 is 0 Å². The highest BCUT2D eigenvalue weighted by Gasteiger charge is 2.27. The number of nitrogens with zero attached hydrogens (tertiary/aromatic N) is 2. The van der Waals surface area contributed by atoms with Gasteiger partial charge < -0.3 is 15.0 Å². The van der Waals surface area contributed by atoms with Crippen molar-refractivity contribution < 1.29 is 9.26 Å². The Morgan fingerprint density at radius 2 is 2.25 bits per heavy atom. The fraction of sp³-hybridized carbons (Fsp3) is 0.818. The number of methoxy groups -OCH3 is 1. The van der Waals surface area contributed by atoms with Crippen LogP contribution in [0, 0.1) is 5.92 Å². The lowest BCUT2D eigenvalue weighted by Crippen LogP contribution is -2.39. The van der Waals surface area contributed by atoms with Crippen molar-refractivity contribution in [2.75, 3.05) is 13.7 Å². The molecule has 0 aliphatic rings. The number of hydrogen-bond acceptors (Lipinski definition) is 5. The molecule has 0 aromatic carbocycles. The fourth-order valence-corrected chi connectivity index (χ4v) is 1.38. The Bertz CT molecular complexity index is 323. The van der Waals surface area contributed by atoms with Gasteiger partial charge in [0.05, 0.1) is 6.61 Å². The maximum Gasteiger partial charge on any atom is 0.226 e. The summed E-state index contributed by atoms with van der Waals surface area (Å²) >= 11 is 0. The molecular formula is C11H21N3O2. The predicted octanol–water partition coefficient (Wildman–Crippen LogP) is 1.48. The van der Waals surface area contributed by atoms with Crippen molar-refractivity contribution >= 4 is 0 Å². The van der Waals surface area contributed by atoms with Gasteiger partial charge in [-0.1, -0.05) is 25.4 Å². The van der Waals surface area contributed by atoms with Crippen LogP contribution in [0.2, 0.25) is 0 Å². The minimum atomic E-state index is -0.689. The monoisotopic (exact) mass is 227 g/mol. The van der Waals surface area contributed by atoms with Crippen molar-refractivity contribution in [3.05, 3.63) is 11.7 Å². The first-order valence-corrected chi connectivity index (χ1v) is 5.60. The summed E-state index contributed by atoms with van der Waals surface area (Å²) in [4.78, 5) is 4.31. The molecule has 1 rings (SSSR count). The normalized spacial score (nSPS) is 17.1. The maximum atomic E-state index is 6.02. The third-order valence-electron chi connectivity index (χ3n) is 2.64. The molecule has 1 aromatic heterocycles. The van der Waals surface area contributed by atoms with Crippen LogP contribution in [-0.4, -0.2) is 23.9 Å². The van der Waals surface area contributed by atoms with Gasteiger partial charge in [-0.05, 0) is 12.8 Å². The van der Waals surface area contributed by atoms with Crippen LogP contribution in [0.5, 0.6) is 0 Å². The van der Waals surface area contributed by atoms with Gasteiger partial charge in [0, 0.05) is 13.5 Å². The first-order valence-electron chi connectivity index (χ1n) is 5.60. The minimum absolute atomic E-state index is 0.370. The molecule has 0 saturated carbocycles. The first-order chi connectivity index (χ1) is 7.49. The van der Waals surface area contributed by atoms with Gasteiger partial charge in [-0.15, -0.1) is 0 Å². The highest BCUT2D eigenvalue weighted by atomic mass is 16.5. The van der Waals surface area contributed by atoms with Crippen molar-refractivity contribution in [1.29, 1.82) is 0 Å². The molecule has 2 unspecified atom stereocenters. The first kappa shape index (κ1) is 13.1. The van der Waals surface area contributed by atoms with E-state index in [0.717, 1.165) is 12.8 Å². The van der Waals surface area contributed by atoms with E-state index in [4.69, 9.17) is 15.0 Å². The Balaban J connectivity index is 2.70. The summed E-state index contributed by atoms with van der Waals surface area (Å²) in [6.45, 7) is 6.49. The lowest BCUT2D eigenvalue weighted by atomic mass is 10.0. The second kappa shape index (κ2) is 5.41. The van der Waals surface area contributed by atoms with Crippen LogP contribution in [0.25, 0.3) is 0 Å². The van der Waals surface area contributed by atoms with Crippen LogP contribution in [0.1, 0.15) is 38.9 Å². The largest absolute Gasteiger partial charge is 0.382 e. The second-order valence-electron chi connectivity index (χ2n) is 4.58. The highest BCUT2D eigenvalue weighted by Crippen LogP contribution is 2.16. The standard InChI is InChI=1S/C11H21N3O2/c1-5-8(2)6-9-13-10(14-16-9)11(3,12)7-15-4/h8H,5-7,12H2,1-4H3. The maximum absolute atomic E-state index is 6.02. The van der Waals surface area contributed by atoms with Gasteiger partial charge in [0.25, 0.3) is 0 Å². The van der Waals surface area contributed by atoms with Gasteiger partial charge in [0.1, 0.15) is 5.54 Å². The molecule has 5 nitrogen and oxygen atoms in total. The average Bonchev–Trinajstić information content (AvgIpc) is 2.66. The lowest BCUT2D eigenvalue weighted by molar-refractivity contribution is 0.135. The molecule has 0 aliphatic heterocycles. The molecule has 0 radical (unpaired) electrons. The van der Waals surface area contributed by atoms with Gasteiger partial charge in [-0.2, -0.15) is 4.98 Å². The Hall–Kier alpha value is -0.940. The molecule has 92 valence electrons. The molecule has 0 bridgehead atoms. The Morgan fingerprint density at radius 3 is 2.81 bits per heavy atom. The molecule has 1 heterocycles. The van der Waals surface area contributed by atoms with Gasteiger partial charge in [-0.3, -0.25) is 0 Å². The van der Waals surface area contributed by atoms with Gasteiger partial charge in [-0.25, -0.2) is 0 Å². The SMILES string of the molecule is CCC(C)Cc1nc(C(C)(N)COC)no1. The molecular weight excluding hydrogens is 206 g/mol. The van der Waals surface area contributed by atoms with Gasteiger partial charge >= 0.3 is 0 Å². The number of rotatable bonds is 6. The van der Waals surface area contributed by atoms with Crippen molar-refractivity contribution in [3.63, 3.8) is 0 Å². The van der Waals surface area contributed by atoms with E-state index < -0.39 is 5.54 Å². The van der Waals surface area contributed by atoms with E-state index in [2.05, 4.69) is 24.0 Å². The molecule has 0 amide bonds. The van der Waals surface area contributed by atoms with Crippen molar-refractivity contribution in [1.82, 2.24) is 10.1 Å². The van der Waals surface area contributed by atoms with Crippen LogP contribution in [0.4, 0.5) is 0 Å². The van der Waals surface area contributed by atoms with E-state index in [1.54, 1.807) is 7.11 Å². The van der Waals surface area contributed by atoms with Gasteiger partial charge in [0.2, 0.25) is 5.89 Å². The zero-order chi connectivity index (χ0) is 12.2. The number of aromatic nitrogens is 2. The molecule has 1 aromatic rings. The van der Waals surface area contributed by atoms with E-state index in [9.17, 15) is 0 Å². The molecule has 16 heavy (non-hydrogen) atoms. The fourth-order valence-electron chi connectivity index (χ4n) is 1.38. The topological polar surface area (TPSA) is 74.2 Å². The van der Waals surface area contributed by atoms with Crippen LogP contribution in [0.3, 0.4) is 0 Å². The van der Waals surface area contributed by atoms with Gasteiger partial charge in [0.15, 0.2) is 5.82 Å². The molecule has 0 spiro atoms. The summed E-state index contributed by atoms with van der Waals surface area (Å²) in [5, 5.41) is 3.90. The third kappa shape index (κ3) is 3.28. The molecule has 0 fully saturated rings. The molecule has 5 heteroatoms. The van der Waals surface area contributed by atoms with Crippen LogP contribution < -0.4 is 5.73 Å². The number of ether oxygens (including phenoxy) is 1. The van der Waals surface area contributed by atoms with Crippen molar-refractivity contribution in [3.8, 4) is 0 Å². The molecule has 0 aliphatic carbocycles. The Labute approximate surface area is 96.4 Å². The lowest BCUT2D eigenvalue weighted by Gasteiger charge is -2.18. The number of hydrogen-bond donors (Lipinski definition) is 1. The molecule has 2 atom stereocenters. The van der Waals surface area contributed by atoms with Crippen molar-refractivity contribution in [2.24, 2.45) is 11.7 Å². The summed E-state index contributed by atoms with van der Waals surface area (Å²) < 4.78 is 10.2. The summed E-state index contributed by atoms with van der Waals surface area (Å²) in [6.07, 6.45) is 1.89. The quantitative estimate of drug-likeness (QED) is 0.796. The predicted molar refractivity (Wildman–Crippen MR) is 60.9 cm³/mol. The minimum Gasteiger partial charge on any atom is -0.382 e. The zero-order valence-corrected chi connectivity index (χ0v) is 10.5. The average molecular weight is 227 g/mol. The second-order valence-corrected chi connectivity index (χ2v) is 4.58. The summed E-state index contributed by atoms with van der Waals surface area (Å²) in [7, 11) is 1.60. The molecule has 2 N–H and O–H groups in total. The van der Waals surface area contributed by atoms with E-state index in [-0.39, 0.29) is 0 Å². The third-order valence-corrected chi connectivity index (χ3v) is 2.64. The highest BCUT2D eigenvalue weighted by molar-refractivity contribution is 5.02. The summed E-state index contributed by atoms with van der Waals surface area (Å²) in [5.74, 6) is 1.70. The molecule has 0 saturated heterocycles. The van der Waals surface area contributed by atoms with E-state index in [1.165, 1.54) is 0 Å². The smallest absolute Gasteiger partial charge is 0.226 e. The Morgan fingerprint density at radius 1 is 1.56 bits per heavy atom. The van der Waals surface area contributed by atoms with E-state index in [0.29, 0.717) is 24.2 Å². The summed E-state index contributed by atoms with van der Waals surface area (Å²) in [6, 6.07) is 0. The van der Waals surface area contributed by atoms with Crippen LogP contribution in [0.15, 0.2) is 4.52 Å². The number of nitrogens with two attached hydrogens (primary N) is 1.